The summed E-state index contributed by atoms with van der Waals surface area (Å²) < 4.78 is 45.8. The molecule has 1 aromatic carbocycles. The fourth-order valence-electron chi connectivity index (χ4n) is 1.36. The molecule has 19 heavy (non-hydrogen) atoms. The van der Waals surface area contributed by atoms with E-state index in [1.807, 2.05) is 0 Å². The van der Waals surface area contributed by atoms with Crippen molar-refractivity contribution in [3.63, 3.8) is 0 Å². The van der Waals surface area contributed by atoms with E-state index in [-0.39, 0.29) is 17.3 Å². The summed E-state index contributed by atoms with van der Waals surface area (Å²) in [6.45, 7) is 0. The van der Waals surface area contributed by atoms with Crippen LogP contribution < -0.4 is 15.2 Å². The summed E-state index contributed by atoms with van der Waals surface area (Å²) in [5.74, 6) is -0.0201. The average molecular weight is 270 g/mol. The van der Waals surface area contributed by atoms with E-state index in [1.54, 1.807) is 0 Å². The molecule has 0 unspecified atom stereocenters. The molecule has 0 aliphatic carbocycles. The molecule has 2 rings (SSSR count). The Balaban J connectivity index is 2.25. The molecule has 100 valence electrons. The lowest BCUT2D eigenvalue weighted by Crippen LogP contribution is -2.17. The molecule has 2 N–H and O–H groups in total. The van der Waals surface area contributed by atoms with Crippen molar-refractivity contribution in [2.75, 3.05) is 5.73 Å². The molecule has 1 heterocycles. The van der Waals surface area contributed by atoms with E-state index < -0.39 is 12.1 Å². The highest BCUT2D eigenvalue weighted by atomic mass is 19.4. The lowest BCUT2D eigenvalue weighted by atomic mass is 10.3. The minimum atomic E-state index is -4.78. The van der Waals surface area contributed by atoms with E-state index in [0.717, 1.165) is 6.07 Å². The van der Waals surface area contributed by atoms with Gasteiger partial charge in [0, 0.05) is 12.3 Å². The molecule has 0 fully saturated rings. The van der Waals surface area contributed by atoms with Gasteiger partial charge in [-0.3, -0.25) is 0 Å². The number of nitrogens with two attached hydrogens (primary N) is 1. The monoisotopic (exact) mass is 270 g/mol. The number of para-hydroxylation sites is 2. The first kappa shape index (κ1) is 13.0. The van der Waals surface area contributed by atoms with Gasteiger partial charge in [-0.1, -0.05) is 12.1 Å². The summed E-state index contributed by atoms with van der Waals surface area (Å²) >= 11 is 0. The molecule has 0 saturated carbocycles. The first-order valence-electron chi connectivity index (χ1n) is 5.18. The molecule has 0 amide bonds. The van der Waals surface area contributed by atoms with Gasteiger partial charge in [-0.2, -0.15) is 0 Å². The summed E-state index contributed by atoms with van der Waals surface area (Å²) in [5, 5.41) is 0. The van der Waals surface area contributed by atoms with Crippen molar-refractivity contribution < 1.29 is 22.6 Å². The number of benzene rings is 1. The number of anilines is 1. The standard InChI is InChI=1S/C12H9F3N2O2/c13-12(14,15)19-10-4-2-1-3-9(10)18-8-5-6-17-11(16)7-8/h1-7H,(H2,16,17). The highest BCUT2D eigenvalue weighted by Gasteiger charge is 2.32. The van der Waals surface area contributed by atoms with Crippen LogP contribution in [0, 0.1) is 0 Å². The number of nitrogens with zero attached hydrogens (tertiary/aromatic N) is 1. The summed E-state index contributed by atoms with van der Waals surface area (Å²) in [5.41, 5.74) is 5.45. The first-order valence-corrected chi connectivity index (χ1v) is 5.18. The molecule has 0 aliphatic rings. The minimum absolute atomic E-state index is 0.0644. The Hall–Kier alpha value is -2.44. The summed E-state index contributed by atoms with van der Waals surface area (Å²) in [7, 11) is 0. The zero-order chi connectivity index (χ0) is 13.9. The van der Waals surface area contributed by atoms with Crippen LogP contribution in [0.25, 0.3) is 0 Å². The lowest BCUT2D eigenvalue weighted by Gasteiger charge is -2.13. The van der Waals surface area contributed by atoms with Crippen LogP contribution in [0.15, 0.2) is 42.6 Å². The highest BCUT2D eigenvalue weighted by molar-refractivity contribution is 5.44. The number of rotatable bonds is 3. The van der Waals surface area contributed by atoms with Gasteiger partial charge in [0.1, 0.15) is 11.6 Å². The molecular formula is C12H9F3N2O2. The van der Waals surface area contributed by atoms with Crippen LogP contribution in [0.5, 0.6) is 17.2 Å². The average Bonchev–Trinajstić information content (AvgIpc) is 2.30. The molecule has 0 saturated heterocycles. The number of pyridine rings is 1. The maximum absolute atomic E-state index is 12.2. The molecule has 0 bridgehead atoms. The normalized spacial score (nSPS) is 11.1. The smallest absolute Gasteiger partial charge is 0.453 e. The number of hydrogen-bond donors (Lipinski definition) is 1. The zero-order valence-electron chi connectivity index (χ0n) is 9.52. The molecule has 0 spiro atoms. The Morgan fingerprint density at radius 2 is 1.74 bits per heavy atom. The van der Waals surface area contributed by atoms with Crippen molar-refractivity contribution >= 4 is 5.82 Å². The number of ether oxygens (including phenoxy) is 2. The van der Waals surface area contributed by atoms with E-state index in [9.17, 15) is 13.2 Å². The van der Waals surface area contributed by atoms with Crippen molar-refractivity contribution in [3.05, 3.63) is 42.6 Å². The van der Waals surface area contributed by atoms with Gasteiger partial charge in [-0.25, -0.2) is 4.98 Å². The van der Waals surface area contributed by atoms with Crippen molar-refractivity contribution in [2.24, 2.45) is 0 Å². The van der Waals surface area contributed by atoms with Gasteiger partial charge in [0.15, 0.2) is 11.5 Å². The fraction of sp³-hybridized carbons (Fsp3) is 0.0833. The van der Waals surface area contributed by atoms with Gasteiger partial charge in [0.2, 0.25) is 0 Å². The van der Waals surface area contributed by atoms with Gasteiger partial charge in [-0.05, 0) is 18.2 Å². The fourth-order valence-corrected chi connectivity index (χ4v) is 1.36. The van der Waals surface area contributed by atoms with Crippen molar-refractivity contribution in [1.82, 2.24) is 4.98 Å². The molecule has 0 atom stereocenters. The molecule has 7 heteroatoms. The molecule has 0 aliphatic heterocycles. The number of halogens is 3. The Kier molecular flexibility index (Phi) is 3.46. The van der Waals surface area contributed by atoms with Crippen molar-refractivity contribution in [1.29, 1.82) is 0 Å². The second-order valence-electron chi connectivity index (χ2n) is 3.51. The molecule has 2 aromatic rings. The maximum atomic E-state index is 12.2. The topological polar surface area (TPSA) is 57.4 Å². The first-order chi connectivity index (χ1) is 8.94. The van der Waals surface area contributed by atoms with E-state index >= 15 is 0 Å². The molecule has 0 radical (unpaired) electrons. The number of hydrogen-bond acceptors (Lipinski definition) is 4. The van der Waals surface area contributed by atoms with Crippen molar-refractivity contribution in [3.8, 4) is 17.2 Å². The van der Waals surface area contributed by atoms with Crippen LogP contribution in [-0.4, -0.2) is 11.3 Å². The lowest BCUT2D eigenvalue weighted by molar-refractivity contribution is -0.275. The number of aromatic nitrogens is 1. The third kappa shape index (κ3) is 3.77. The van der Waals surface area contributed by atoms with E-state index in [2.05, 4.69) is 9.72 Å². The summed E-state index contributed by atoms with van der Waals surface area (Å²) in [6, 6.07) is 8.33. The maximum Gasteiger partial charge on any atom is 0.573 e. The Labute approximate surface area is 106 Å². The van der Waals surface area contributed by atoms with Gasteiger partial charge in [0.05, 0.1) is 0 Å². The predicted octanol–water partition coefficient (Wildman–Crippen LogP) is 3.35. The predicted molar refractivity (Wildman–Crippen MR) is 61.8 cm³/mol. The third-order valence-electron chi connectivity index (χ3n) is 2.06. The van der Waals surface area contributed by atoms with Crippen LogP contribution in [-0.2, 0) is 0 Å². The van der Waals surface area contributed by atoms with Gasteiger partial charge < -0.3 is 15.2 Å². The summed E-state index contributed by atoms with van der Waals surface area (Å²) in [6.07, 6.45) is -3.39. The van der Waals surface area contributed by atoms with Crippen LogP contribution >= 0.6 is 0 Å². The Morgan fingerprint density at radius 1 is 1.05 bits per heavy atom. The van der Waals surface area contributed by atoms with Crippen LogP contribution in [0.2, 0.25) is 0 Å². The quantitative estimate of drug-likeness (QED) is 0.929. The minimum Gasteiger partial charge on any atom is -0.453 e. The van der Waals surface area contributed by atoms with E-state index in [0.29, 0.717) is 0 Å². The second-order valence-corrected chi connectivity index (χ2v) is 3.51. The Morgan fingerprint density at radius 3 is 2.37 bits per heavy atom. The summed E-state index contributed by atoms with van der Waals surface area (Å²) in [4.78, 5) is 3.75. The van der Waals surface area contributed by atoms with Crippen LogP contribution in [0.4, 0.5) is 19.0 Å². The molecule has 1 aromatic heterocycles. The second kappa shape index (κ2) is 5.05. The molecular weight excluding hydrogens is 261 g/mol. The Bertz CT molecular complexity index is 573. The van der Waals surface area contributed by atoms with Gasteiger partial charge in [-0.15, -0.1) is 13.2 Å². The van der Waals surface area contributed by atoms with Crippen LogP contribution in [0.3, 0.4) is 0 Å². The number of alkyl halides is 3. The zero-order valence-corrected chi connectivity index (χ0v) is 9.52. The van der Waals surface area contributed by atoms with Gasteiger partial charge in [0.25, 0.3) is 0 Å². The van der Waals surface area contributed by atoms with Crippen LogP contribution in [0.1, 0.15) is 0 Å². The molecule has 4 nitrogen and oxygen atoms in total. The van der Waals surface area contributed by atoms with Gasteiger partial charge >= 0.3 is 6.36 Å². The highest BCUT2D eigenvalue weighted by Crippen LogP contribution is 2.34. The van der Waals surface area contributed by atoms with E-state index in [4.69, 9.17) is 10.5 Å². The largest absolute Gasteiger partial charge is 0.573 e. The van der Waals surface area contributed by atoms with E-state index in [1.165, 1.54) is 36.5 Å². The SMILES string of the molecule is Nc1cc(Oc2ccccc2OC(F)(F)F)ccn1. The number of nitrogen functional groups attached to an aromatic ring is 1. The third-order valence-corrected chi connectivity index (χ3v) is 2.06. The van der Waals surface area contributed by atoms with Crippen molar-refractivity contribution in [2.45, 2.75) is 6.36 Å².